The molecular weight excluding hydrogens is 258 g/mol. The molecule has 2 aromatic rings. The van der Waals surface area contributed by atoms with Crippen LogP contribution in [-0.4, -0.2) is 5.91 Å². The second kappa shape index (κ2) is 6.13. The van der Waals surface area contributed by atoms with E-state index in [0.717, 1.165) is 16.7 Å². The number of benzene rings is 2. The van der Waals surface area contributed by atoms with E-state index in [4.69, 9.17) is 0 Å². The number of amides is 1. The molecule has 0 saturated carbocycles. The van der Waals surface area contributed by atoms with Crippen molar-refractivity contribution < 1.29 is 4.79 Å². The molecule has 2 nitrogen and oxygen atoms in total. The molecule has 0 saturated heterocycles. The van der Waals surface area contributed by atoms with Crippen molar-refractivity contribution in [2.24, 2.45) is 5.41 Å². The third-order valence-corrected chi connectivity index (χ3v) is 3.66. The van der Waals surface area contributed by atoms with Crippen molar-refractivity contribution in [3.05, 3.63) is 71.3 Å². The number of nitrogens with one attached hydrogen (secondary N) is 1. The summed E-state index contributed by atoms with van der Waals surface area (Å²) in [7, 11) is 0. The van der Waals surface area contributed by atoms with Crippen molar-refractivity contribution in [3.8, 4) is 0 Å². The van der Waals surface area contributed by atoms with E-state index in [9.17, 15) is 4.79 Å². The highest BCUT2D eigenvalue weighted by Crippen LogP contribution is 2.32. The van der Waals surface area contributed by atoms with Crippen LogP contribution in [0.15, 0.2) is 54.6 Å². The van der Waals surface area contributed by atoms with Gasteiger partial charge in [-0.15, -0.1) is 0 Å². The number of hydrogen-bond donors (Lipinski definition) is 1. The van der Waals surface area contributed by atoms with Gasteiger partial charge in [0, 0.05) is 5.56 Å². The van der Waals surface area contributed by atoms with Gasteiger partial charge in [0.25, 0.3) is 5.91 Å². The number of carbonyl (C=O) groups is 1. The lowest BCUT2D eigenvalue weighted by Crippen LogP contribution is -2.36. The summed E-state index contributed by atoms with van der Waals surface area (Å²) in [5.74, 6) is -0.0168. The van der Waals surface area contributed by atoms with Crippen molar-refractivity contribution in [3.63, 3.8) is 0 Å². The van der Waals surface area contributed by atoms with Crippen LogP contribution in [0.25, 0.3) is 0 Å². The Labute approximate surface area is 127 Å². The zero-order chi connectivity index (χ0) is 15.5. The first-order valence-electron chi connectivity index (χ1n) is 7.31. The highest BCUT2D eigenvalue weighted by atomic mass is 16.1. The highest BCUT2D eigenvalue weighted by Gasteiger charge is 2.28. The summed E-state index contributed by atoms with van der Waals surface area (Å²) in [5, 5.41) is 3.19. The fourth-order valence-corrected chi connectivity index (χ4v) is 2.48. The molecule has 0 aliphatic carbocycles. The third-order valence-electron chi connectivity index (χ3n) is 3.66. The Morgan fingerprint density at radius 1 is 0.952 bits per heavy atom. The average Bonchev–Trinajstić information content (AvgIpc) is 2.44. The van der Waals surface area contributed by atoms with Crippen molar-refractivity contribution in [2.75, 3.05) is 0 Å². The van der Waals surface area contributed by atoms with Gasteiger partial charge in [0.2, 0.25) is 0 Å². The van der Waals surface area contributed by atoms with Crippen molar-refractivity contribution in [1.82, 2.24) is 5.32 Å². The summed E-state index contributed by atoms with van der Waals surface area (Å²) in [4.78, 5) is 12.6. The van der Waals surface area contributed by atoms with E-state index in [1.807, 2.05) is 49.4 Å². The van der Waals surface area contributed by atoms with Gasteiger partial charge in [-0.2, -0.15) is 0 Å². The number of hydrogen-bond acceptors (Lipinski definition) is 1. The lowest BCUT2D eigenvalue weighted by molar-refractivity contribution is 0.0901. The molecule has 0 spiro atoms. The van der Waals surface area contributed by atoms with E-state index in [1.165, 1.54) is 0 Å². The molecule has 2 rings (SSSR count). The van der Waals surface area contributed by atoms with Crippen LogP contribution in [0.5, 0.6) is 0 Å². The van der Waals surface area contributed by atoms with Crippen LogP contribution in [0.3, 0.4) is 0 Å². The molecule has 1 N–H and O–H groups in total. The van der Waals surface area contributed by atoms with Crippen LogP contribution in [0.4, 0.5) is 0 Å². The Morgan fingerprint density at radius 3 is 2.10 bits per heavy atom. The summed E-state index contributed by atoms with van der Waals surface area (Å²) >= 11 is 0. The van der Waals surface area contributed by atoms with Crippen LogP contribution in [-0.2, 0) is 0 Å². The first-order valence-corrected chi connectivity index (χ1v) is 7.31. The molecule has 1 amide bonds. The second-order valence-electron chi connectivity index (χ2n) is 6.50. The molecule has 2 heteroatoms. The molecule has 21 heavy (non-hydrogen) atoms. The van der Waals surface area contributed by atoms with Gasteiger partial charge < -0.3 is 5.32 Å². The standard InChI is InChI=1S/C19H23NO/c1-14-10-8-9-13-16(14)18(21)20-17(19(2,3)4)15-11-6-5-7-12-15/h5-13,17H,1-4H3,(H,20,21)/t17-/m1/s1. The van der Waals surface area contributed by atoms with E-state index >= 15 is 0 Å². The molecule has 0 aromatic heterocycles. The number of carbonyl (C=O) groups excluding carboxylic acids is 1. The zero-order valence-corrected chi connectivity index (χ0v) is 13.2. The normalized spacial score (nSPS) is 12.8. The smallest absolute Gasteiger partial charge is 0.252 e. The molecule has 0 aliphatic heterocycles. The fourth-order valence-electron chi connectivity index (χ4n) is 2.48. The predicted octanol–water partition coefficient (Wildman–Crippen LogP) is 4.51. The highest BCUT2D eigenvalue weighted by molar-refractivity contribution is 5.95. The van der Waals surface area contributed by atoms with E-state index in [0.29, 0.717) is 0 Å². The molecule has 0 radical (unpaired) electrons. The van der Waals surface area contributed by atoms with Gasteiger partial charge >= 0.3 is 0 Å². The van der Waals surface area contributed by atoms with Gasteiger partial charge in [-0.25, -0.2) is 0 Å². The molecule has 0 unspecified atom stereocenters. The Bertz CT molecular complexity index is 611. The third kappa shape index (κ3) is 3.72. The van der Waals surface area contributed by atoms with Crippen LogP contribution in [0.2, 0.25) is 0 Å². The van der Waals surface area contributed by atoms with Crippen molar-refractivity contribution in [2.45, 2.75) is 33.7 Å². The fraction of sp³-hybridized carbons (Fsp3) is 0.316. The number of rotatable bonds is 3. The SMILES string of the molecule is Cc1ccccc1C(=O)N[C@H](c1ccccc1)C(C)(C)C. The molecule has 110 valence electrons. The Balaban J connectivity index is 2.29. The Hall–Kier alpha value is -2.09. The zero-order valence-electron chi connectivity index (χ0n) is 13.2. The molecule has 2 aromatic carbocycles. The van der Waals surface area contributed by atoms with Crippen molar-refractivity contribution >= 4 is 5.91 Å². The van der Waals surface area contributed by atoms with Crippen LogP contribution in [0, 0.1) is 12.3 Å². The molecule has 0 aliphatic rings. The predicted molar refractivity (Wildman–Crippen MR) is 87.3 cm³/mol. The molecule has 0 fully saturated rings. The maximum absolute atomic E-state index is 12.6. The van der Waals surface area contributed by atoms with Gasteiger partial charge in [0.05, 0.1) is 6.04 Å². The van der Waals surface area contributed by atoms with Gasteiger partial charge in [0.15, 0.2) is 0 Å². The summed E-state index contributed by atoms with van der Waals surface area (Å²) in [6.07, 6.45) is 0. The maximum Gasteiger partial charge on any atom is 0.252 e. The van der Waals surface area contributed by atoms with Crippen LogP contribution >= 0.6 is 0 Å². The van der Waals surface area contributed by atoms with E-state index in [1.54, 1.807) is 0 Å². The van der Waals surface area contributed by atoms with E-state index in [-0.39, 0.29) is 17.4 Å². The minimum atomic E-state index is -0.0559. The molecule has 1 atom stereocenters. The Kier molecular flexibility index (Phi) is 4.46. The Morgan fingerprint density at radius 2 is 1.52 bits per heavy atom. The summed E-state index contributed by atoms with van der Waals surface area (Å²) in [6, 6.07) is 17.8. The minimum Gasteiger partial charge on any atom is -0.345 e. The topological polar surface area (TPSA) is 29.1 Å². The average molecular weight is 281 g/mol. The molecule has 0 heterocycles. The molecular formula is C19H23NO. The quantitative estimate of drug-likeness (QED) is 0.881. The minimum absolute atomic E-state index is 0.0168. The van der Waals surface area contributed by atoms with Gasteiger partial charge in [-0.05, 0) is 29.5 Å². The molecule has 0 bridgehead atoms. The number of aryl methyl sites for hydroxylation is 1. The maximum atomic E-state index is 12.6. The lowest BCUT2D eigenvalue weighted by Gasteiger charge is -2.32. The largest absolute Gasteiger partial charge is 0.345 e. The van der Waals surface area contributed by atoms with Crippen LogP contribution < -0.4 is 5.32 Å². The first-order chi connectivity index (χ1) is 9.89. The second-order valence-corrected chi connectivity index (χ2v) is 6.50. The summed E-state index contributed by atoms with van der Waals surface area (Å²) < 4.78 is 0. The van der Waals surface area contributed by atoms with Crippen molar-refractivity contribution in [1.29, 1.82) is 0 Å². The van der Waals surface area contributed by atoms with E-state index in [2.05, 4.69) is 38.2 Å². The summed E-state index contributed by atoms with van der Waals surface area (Å²) in [6.45, 7) is 8.39. The first kappa shape index (κ1) is 15.3. The lowest BCUT2D eigenvalue weighted by atomic mass is 9.82. The van der Waals surface area contributed by atoms with Crippen LogP contribution in [0.1, 0.15) is 48.3 Å². The van der Waals surface area contributed by atoms with Gasteiger partial charge in [0.1, 0.15) is 0 Å². The van der Waals surface area contributed by atoms with Gasteiger partial charge in [-0.3, -0.25) is 4.79 Å². The summed E-state index contributed by atoms with van der Waals surface area (Å²) in [5.41, 5.74) is 2.81. The van der Waals surface area contributed by atoms with E-state index < -0.39 is 0 Å². The van der Waals surface area contributed by atoms with Gasteiger partial charge in [-0.1, -0.05) is 69.3 Å². The monoisotopic (exact) mass is 281 g/mol.